The molecule has 4 nitrogen and oxygen atoms in total. The van der Waals surface area contributed by atoms with Gasteiger partial charge in [0.25, 0.3) is 0 Å². The molecule has 0 atom stereocenters. The van der Waals surface area contributed by atoms with Gasteiger partial charge in [0.1, 0.15) is 5.82 Å². The second kappa shape index (κ2) is 8.31. The first-order chi connectivity index (χ1) is 13.3. The van der Waals surface area contributed by atoms with Crippen LogP contribution in [0.1, 0.15) is 11.1 Å². The lowest BCUT2D eigenvalue weighted by Crippen LogP contribution is -2.20. The molecule has 0 bridgehead atoms. The van der Waals surface area contributed by atoms with E-state index in [0.29, 0.717) is 23.5 Å². The first kappa shape index (κ1) is 19.7. The molecule has 146 valence electrons. The molecular weight excluding hydrogens is 365 g/mol. The van der Waals surface area contributed by atoms with Crippen molar-refractivity contribution in [1.82, 2.24) is 10.4 Å². The Morgan fingerprint density at radius 1 is 0.964 bits per heavy atom. The maximum atomic E-state index is 13.1. The van der Waals surface area contributed by atoms with Crippen molar-refractivity contribution in [3.05, 3.63) is 78.0 Å². The van der Waals surface area contributed by atoms with Gasteiger partial charge in [-0.1, -0.05) is 42.5 Å². The Morgan fingerprint density at radius 2 is 1.64 bits per heavy atom. The smallest absolute Gasteiger partial charge is 0.362 e. The second-order valence-corrected chi connectivity index (χ2v) is 6.53. The topological polar surface area (TPSA) is 40.2 Å². The van der Waals surface area contributed by atoms with Gasteiger partial charge in [-0.3, -0.25) is 0 Å². The minimum Gasteiger partial charge on any atom is -0.362 e. The maximum Gasteiger partial charge on any atom is 0.417 e. The Bertz CT molecular complexity index is 907. The monoisotopic (exact) mass is 386 g/mol. The molecule has 0 saturated carbocycles. The highest BCUT2D eigenvalue weighted by molar-refractivity contribution is 5.76. The highest BCUT2D eigenvalue weighted by atomic mass is 19.4. The molecule has 0 fully saturated rings. The average molecular weight is 386 g/mol. The zero-order valence-electron chi connectivity index (χ0n) is 15.6. The molecule has 7 heteroatoms. The summed E-state index contributed by atoms with van der Waals surface area (Å²) in [7, 11) is 3.51. The van der Waals surface area contributed by atoms with Gasteiger partial charge in [-0.15, -0.1) is 0 Å². The largest absolute Gasteiger partial charge is 0.417 e. The van der Waals surface area contributed by atoms with Crippen LogP contribution in [0.3, 0.4) is 0 Å². The van der Waals surface area contributed by atoms with Crippen LogP contribution in [0, 0.1) is 0 Å². The summed E-state index contributed by atoms with van der Waals surface area (Å²) in [6.07, 6.45) is -3.56. The summed E-state index contributed by atoms with van der Waals surface area (Å²) < 4.78 is 39.3. The van der Waals surface area contributed by atoms with Crippen molar-refractivity contribution < 1.29 is 13.2 Å². The zero-order valence-corrected chi connectivity index (χ0v) is 15.6. The first-order valence-corrected chi connectivity index (χ1v) is 8.72. The van der Waals surface area contributed by atoms with Gasteiger partial charge in [-0.05, 0) is 29.3 Å². The van der Waals surface area contributed by atoms with E-state index in [4.69, 9.17) is 0 Å². The fourth-order valence-electron chi connectivity index (χ4n) is 2.75. The van der Waals surface area contributed by atoms with Crippen LogP contribution in [0.4, 0.5) is 24.7 Å². The number of nitrogens with one attached hydrogen (secondary N) is 2. The Labute approximate surface area is 162 Å². The van der Waals surface area contributed by atoms with Gasteiger partial charge in [0.15, 0.2) is 0 Å². The lowest BCUT2D eigenvalue weighted by atomic mass is 10.0. The van der Waals surface area contributed by atoms with Crippen LogP contribution in [-0.4, -0.2) is 19.1 Å². The minimum absolute atomic E-state index is 0.446. The van der Waals surface area contributed by atoms with Gasteiger partial charge in [-0.2, -0.15) is 13.2 Å². The average Bonchev–Trinajstić information content (AvgIpc) is 2.68. The third-order valence-corrected chi connectivity index (χ3v) is 4.18. The molecule has 2 aromatic carbocycles. The highest BCUT2D eigenvalue weighted by Crippen LogP contribution is 2.35. The van der Waals surface area contributed by atoms with Crippen LogP contribution in [-0.2, 0) is 12.7 Å². The number of anilines is 2. The molecule has 0 amide bonds. The SMILES string of the molecule is CN(C)c1ncc(C(F)(F)F)cc1-c1ccc(CNNc2ccccc2)cc1. The number of benzene rings is 2. The van der Waals surface area contributed by atoms with Crippen molar-refractivity contribution >= 4 is 11.5 Å². The van der Waals surface area contributed by atoms with E-state index in [1.54, 1.807) is 19.0 Å². The summed E-state index contributed by atoms with van der Waals surface area (Å²) in [5.74, 6) is 0.490. The predicted molar refractivity (Wildman–Crippen MR) is 106 cm³/mol. The van der Waals surface area contributed by atoms with E-state index in [0.717, 1.165) is 23.5 Å². The number of pyridine rings is 1. The quantitative estimate of drug-likeness (QED) is 0.588. The Morgan fingerprint density at radius 3 is 2.25 bits per heavy atom. The molecule has 0 aliphatic carbocycles. The lowest BCUT2D eigenvalue weighted by Gasteiger charge is -2.18. The Hall–Kier alpha value is -3.06. The fourth-order valence-corrected chi connectivity index (χ4v) is 2.75. The number of para-hydroxylation sites is 1. The number of hydrazine groups is 1. The van der Waals surface area contributed by atoms with E-state index in [-0.39, 0.29) is 0 Å². The predicted octanol–water partition coefficient (Wildman–Crippen LogP) is 4.95. The van der Waals surface area contributed by atoms with Crippen LogP contribution in [0.25, 0.3) is 11.1 Å². The van der Waals surface area contributed by atoms with Gasteiger partial charge >= 0.3 is 6.18 Å². The van der Waals surface area contributed by atoms with Crippen molar-refractivity contribution in [3.8, 4) is 11.1 Å². The summed E-state index contributed by atoms with van der Waals surface area (Å²) >= 11 is 0. The van der Waals surface area contributed by atoms with Gasteiger partial charge in [0.2, 0.25) is 0 Å². The van der Waals surface area contributed by atoms with E-state index in [9.17, 15) is 13.2 Å². The van der Waals surface area contributed by atoms with Gasteiger partial charge in [-0.25, -0.2) is 10.4 Å². The number of hydrogen-bond acceptors (Lipinski definition) is 4. The maximum absolute atomic E-state index is 13.1. The number of alkyl halides is 3. The van der Waals surface area contributed by atoms with Crippen LogP contribution < -0.4 is 15.8 Å². The molecule has 0 spiro atoms. The Kier molecular flexibility index (Phi) is 5.84. The lowest BCUT2D eigenvalue weighted by molar-refractivity contribution is -0.137. The molecule has 0 saturated heterocycles. The number of rotatable bonds is 6. The van der Waals surface area contributed by atoms with Crippen molar-refractivity contribution in [2.75, 3.05) is 24.4 Å². The number of hydrogen-bond donors (Lipinski definition) is 2. The van der Waals surface area contributed by atoms with Gasteiger partial charge in [0.05, 0.1) is 5.56 Å². The van der Waals surface area contributed by atoms with Crippen LogP contribution >= 0.6 is 0 Å². The third kappa shape index (κ3) is 4.80. The molecule has 0 aliphatic heterocycles. The molecule has 0 unspecified atom stereocenters. The molecule has 3 aromatic rings. The Balaban J connectivity index is 1.77. The molecule has 28 heavy (non-hydrogen) atoms. The van der Waals surface area contributed by atoms with Crippen molar-refractivity contribution in [2.45, 2.75) is 12.7 Å². The number of halogens is 3. The summed E-state index contributed by atoms with van der Waals surface area (Å²) in [6.45, 7) is 0.566. The summed E-state index contributed by atoms with van der Waals surface area (Å²) in [4.78, 5) is 5.71. The van der Waals surface area contributed by atoms with Gasteiger partial charge in [0, 0.05) is 38.1 Å². The highest BCUT2D eigenvalue weighted by Gasteiger charge is 2.32. The van der Waals surface area contributed by atoms with E-state index >= 15 is 0 Å². The minimum atomic E-state index is -4.43. The van der Waals surface area contributed by atoms with Crippen LogP contribution in [0.5, 0.6) is 0 Å². The van der Waals surface area contributed by atoms with E-state index in [2.05, 4.69) is 15.8 Å². The second-order valence-electron chi connectivity index (χ2n) is 6.53. The summed E-state index contributed by atoms with van der Waals surface area (Å²) in [5, 5.41) is 0. The zero-order chi connectivity index (χ0) is 20.1. The van der Waals surface area contributed by atoms with Crippen LogP contribution in [0.15, 0.2) is 66.9 Å². The molecule has 1 aromatic heterocycles. The van der Waals surface area contributed by atoms with Crippen LogP contribution in [0.2, 0.25) is 0 Å². The first-order valence-electron chi connectivity index (χ1n) is 8.72. The molecule has 2 N–H and O–H groups in total. The molecule has 3 rings (SSSR count). The van der Waals surface area contributed by atoms with E-state index < -0.39 is 11.7 Å². The van der Waals surface area contributed by atoms with Crippen molar-refractivity contribution in [2.24, 2.45) is 0 Å². The van der Waals surface area contributed by atoms with E-state index in [1.807, 2.05) is 54.6 Å². The molecular formula is C21H21F3N4. The van der Waals surface area contributed by atoms with Gasteiger partial charge < -0.3 is 10.3 Å². The fraction of sp³-hybridized carbons (Fsp3) is 0.190. The standard InChI is InChI=1S/C21H21F3N4/c1-28(2)20-19(12-17(14-25-20)21(22,23)24)16-10-8-15(9-11-16)13-26-27-18-6-4-3-5-7-18/h3-12,14,26-27H,13H2,1-2H3. The molecule has 0 radical (unpaired) electrons. The number of nitrogens with zero attached hydrogens (tertiary/aromatic N) is 2. The van der Waals surface area contributed by atoms with Crippen molar-refractivity contribution in [1.29, 1.82) is 0 Å². The summed E-state index contributed by atoms with van der Waals surface area (Å²) in [5.41, 5.74) is 8.53. The molecule has 1 heterocycles. The van der Waals surface area contributed by atoms with Crippen molar-refractivity contribution in [3.63, 3.8) is 0 Å². The third-order valence-electron chi connectivity index (χ3n) is 4.18. The normalized spacial score (nSPS) is 11.3. The molecule has 0 aliphatic rings. The number of aromatic nitrogens is 1. The van der Waals surface area contributed by atoms with E-state index in [1.165, 1.54) is 0 Å². The summed E-state index contributed by atoms with van der Waals surface area (Å²) in [6, 6.07) is 18.2.